The Balaban J connectivity index is 1.36. The smallest absolute Gasteiger partial charge is 0.286 e. The van der Waals surface area contributed by atoms with Gasteiger partial charge in [0.15, 0.2) is 5.17 Å². The molecule has 30 heavy (non-hydrogen) atoms. The summed E-state index contributed by atoms with van der Waals surface area (Å²) in [5.41, 5.74) is 2.77. The van der Waals surface area contributed by atoms with E-state index in [9.17, 15) is 13.2 Å². The zero-order chi connectivity index (χ0) is 21.1. The largest absolute Gasteiger partial charge is 0.364 e. The zero-order valence-corrected chi connectivity index (χ0v) is 17.4. The molecule has 9 heteroatoms. The van der Waals surface area contributed by atoms with Crippen LogP contribution < -0.4 is 10.5 Å². The maximum atomic E-state index is 12.2. The lowest BCUT2D eigenvalue weighted by molar-refractivity contribution is -0.113. The Hall–Kier alpha value is -3.01. The van der Waals surface area contributed by atoms with Crippen LogP contribution in [0.25, 0.3) is 17.0 Å². The molecule has 1 aliphatic rings. The highest BCUT2D eigenvalue weighted by Crippen LogP contribution is 2.28. The van der Waals surface area contributed by atoms with Crippen LogP contribution in [0.3, 0.4) is 0 Å². The highest BCUT2D eigenvalue weighted by Gasteiger charge is 2.21. The van der Waals surface area contributed by atoms with Crippen molar-refractivity contribution in [3.8, 4) is 0 Å². The molecule has 0 unspecified atom stereocenters. The van der Waals surface area contributed by atoms with Gasteiger partial charge in [0, 0.05) is 18.1 Å². The molecule has 152 valence electrons. The van der Waals surface area contributed by atoms with Crippen LogP contribution in [0.1, 0.15) is 11.1 Å². The lowest BCUT2D eigenvalue weighted by Gasteiger charge is -2.05. The van der Waals surface area contributed by atoms with Crippen molar-refractivity contribution in [3.05, 3.63) is 76.8 Å². The molecule has 7 nitrogen and oxygen atoms in total. The summed E-state index contributed by atoms with van der Waals surface area (Å²) in [7, 11) is -3.69. The second-order valence-electron chi connectivity index (χ2n) is 6.65. The molecule has 2 heterocycles. The lowest BCUT2D eigenvalue weighted by Crippen LogP contribution is -2.21. The number of thioether (sulfide) groups is 1. The van der Waals surface area contributed by atoms with Crippen LogP contribution >= 0.6 is 11.8 Å². The van der Waals surface area contributed by atoms with Crippen LogP contribution in [0.4, 0.5) is 0 Å². The molecule has 0 saturated carbocycles. The number of pyridine rings is 1. The number of hydrogen-bond donors (Lipinski definition) is 2. The van der Waals surface area contributed by atoms with Crippen LogP contribution in [0.2, 0.25) is 0 Å². The van der Waals surface area contributed by atoms with E-state index in [1.54, 1.807) is 18.3 Å². The number of amidine groups is 1. The topological polar surface area (TPSA) is 115 Å². The standard InChI is InChI=1S/C21H18N4O3S2/c22-30(27,28)17-6-3-14(4-7-17)9-11-24-21-25-20(26)19(29-21)13-15-5-8-18-16(12-15)2-1-10-23-18/h1-8,10,12-13H,9,11H2,(H2,22,27,28)(H,24,25,26)/b19-13+. The molecule has 1 aliphatic heterocycles. The van der Waals surface area contributed by atoms with Gasteiger partial charge in [-0.2, -0.15) is 4.99 Å². The maximum absolute atomic E-state index is 12.2. The lowest BCUT2D eigenvalue weighted by atomic mass is 10.1. The molecule has 0 fully saturated rings. The van der Waals surface area contributed by atoms with Crippen molar-refractivity contribution in [2.24, 2.45) is 10.1 Å². The molecule has 2 aromatic carbocycles. The number of aliphatic imine (C=N–C) groups is 1. The molecule has 0 spiro atoms. The van der Waals surface area contributed by atoms with Gasteiger partial charge in [0.2, 0.25) is 10.0 Å². The van der Waals surface area contributed by atoms with Crippen LogP contribution in [-0.2, 0) is 21.2 Å². The zero-order valence-electron chi connectivity index (χ0n) is 15.8. The summed E-state index contributed by atoms with van der Waals surface area (Å²) in [6, 6.07) is 16.1. The van der Waals surface area contributed by atoms with Crippen LogP contribution in [0.5, 0.6) is 0 Å². The molecule has 0 aliphatic carbocycles. The highest BCUT2D eigenvalue weighted by atomic mass is 32.2. The molecule has 0 bridgehead atoms. The second-order valence-corrected chi connectivity index (χ2v) is 9.25. The van der Waals surface area contributed by atoms with E-state index in [-0.39, 0.29) is 10.8 Å². The minimum Gasteiger partial charge on any atom is -0.364 e. The number of nitrogens with zero attached hydrogens (tertiary/aromatic N) is 2. The number of rotatable bonds is 5. The number of carbonyl (C=O) groups is 1. The molecule has 1 amide bonds. The molecular formula is C21H18N4O3S2. The number of carbonyl (C=O) groups excluding carboxylic acids is 1. The van der Waals surface area contributed by atoms with Gasteiger partial charge in [0.25, 0.3) is 5.91 Å². The van der Waals surface area contributed by atoms with Gasteiger partial charge in [-0.25, -0.2) is 13.6 Å². The molecule has 0 atom stereocenters. The van der Waals surface area contributed by atoms with E-state index in [0.717, 1.165) is 22.0 Å². The normalized spacial score (nSPS) is 15.6. The molecule has 3 aromatic rings. The minimum absolute atomic E-state index is 0.0831. The van der Waals surface area contributed by atoms with Gasteiger partial charge in [-0.3, -0.25) is 9.78 Å². The molecule has 0 radical (unpaired) electrons. The van der Waals surface area contributed by atoms with Gasteiger partial charge < -0.3 is 5.32 Å². The third-order valence-electron chi connectivity index (χ3n) is 4.49. The summed E-state index contributed by atoms with van der Waals surface area (Å²) in [4.78, 5) is 21.2. The predicted octanol–water partition coefficient (Wildman–Crippen LogP) is 2.68. The van der Waals surface area contributed by atoms with Gasteiger partial charge in [0.05, 0.1) is 15.3 Å². The molecular weight excluding hydrogens is 420 g/mol. The Kier molecular flexibility index (Phi) is 5.67. The number of nitrogens with one attached hydrogen (secondary N) is 1. The van der Waals surface area contributed by atoms with Crippen molar-refractivity contribution < 1.29 is 13.2 Å². The summed E-state index contributed by atoms with van der Waals surface area (Å²) >= 11 is 1.30. The molecule has 1 aromatic heterocycles. The first-order valence-corrected chi connectivity index (χ1v) is 11.5. The number of nitrogens with two attached hydrogens (primary N) is 1. The molecule has 4 rings (SSSR count). The number of fused-ring (bicyclic) bond motifs is 1. The van der Waals surface area contributed by atoms with Crippen molar-refractivity contribution in [3.63, 3.8) is 0 Å². The monoisotopic (exact) mass is 438 g/mol. The summed E-state index contributed by atoms with van der Waals surface area (Å²) in [6.07, 6.45) is 4.22. The van der Waals surface area contributed by atoms with E-state index < -0.39 is 10.0 Å². The number of sulfonamides is 1. The van der Waals surface area contributed by atoms with E-state index >= 15 is 0 Å². The average molecular weight is 439 g/mol. The number of benzene rings is 2. The first kappa shape index (κ1) is 20.3. The summed E-state index contributed by atoms with van der Waals surface area (Å²) in [6.45, 7) is 0.558. The van der Waals surface area contributed by atoms with Gasteiger partial charge in [0.1, 0.15) is 0 Å². The minimum atomic E-state index is -3.69. The second kappa shape index (κ2) is 8.39. The summed E-state index contributed by atoms with van der Waals surface area (Å²) < 4.78 is 22.6. The Labute approximate surface area is 178 Å². The van der Waals surface area contributed by atoms with Gasteiger partial charge in [-0.15, -0.1) is 0 Å². The van der Waals surface area contributed by atoms with E-state index in [1.165, 1.54) is 23.9 Å². The number of amides is 1. The Bertz CT molecular complexity index is 1280. The van der Waals surface area contributed by atoms with E-state index in [4.69, 9.17) is 5.14 Å². The van der Waals surface area contributed by atoms with E-state index in [1.807, 2.05) is 36.4 Å². The quantitative estimate of drug-likeness (QED) is 0.592. The van der Waals surface area contributed by atoms with Crippen molar-refractivity contribution >= 4 is 49.8 Å². The summed E-state index contributed by atoms with van der Waals surface area (Å²) in [5.74, 6) is -0.272. The SMILES string of the molecule is NS(=O)(=O)c1ccc(CCNC2=NC(=O)/C(=C\c3ccc4ncccc4c3)S2)cc1. The van der Waals surface area contributed by atoms with Crippen LogP contribution in [-0.4, -0.2) is 31.0 Å². The molecule has 0 saturated heterocycles. The van der Waals surface area contributed by atoms with Crippen LogP contribution in [0.15, 0.2) is 75.6 Å². The first-order valence-electron chi connectivity index (χ1n) is 9.11. The first-order chi connectivity index (χ1) is 14.4. The Morgan fingerprint density at radius 2 is 1.90 bits per heavy atom. The number of hydrogen-bond acceptors (Lipinski definition) is 6. The van der Waals surface area contributed by atoms with Gasteiger partial charge in [-0.1, -0.05) is 24.3 Å². The van der Waals surface area contributed by atoms with Gasteiger partial charge in [-0.05, 0) is 65.7 Å². The van der Waals surface area contributed by atoms with Crippen molar-refractivity contribution in [1.29, 1.82) is 0 Å². The van der Waals surface area contributed by atoms with Crippen molar-refractivity contribution in [1.82, 2.24) is 10.3 Å². The number of aromatic nitrogens is 1. The fourth-order valence-electron chi connectivity index (χ4n) is 2.98. The highest BCUT2D eigenvalue weighted by molar-refractivity contribution is 8.18. The fourth-order valence-corrected chi connectivity index (χ4v) is 4.33. The predicted molar refractivity (Wildman–Crippen MR) is 119 cm³/mol. The molecule has 3 N–H and O–H groups in total. The third-order valence-corrected chi connectivity index (χ3v) is 6.36. The number of primary sulfonamides is 1. The van der Waals surface area contributed by atoms with Crippen molar-refractivity contribution in [2.75, 3.05) is 6.54 Å². The Morgan fingerprint density at radius 1 is 1.10 bits per heavy atom. The third kappa shape index (κ3) is 4.76. The summed E-state index contributed by atoms with van der Waals surface area (Å²) in [5, 5.41) is 9.81. The van der Waals surface area contributed by atoms with Crippen molar-refractivity contribution in [2.45, 2.75) is 11.3 Å². The van der Waals surface area contributed by atoms with E-state index in [0.29, 0.717) is 23.0 Å². The Morgan fingerprint density at radius 3 is 2.67 bits per heavy atom. The van der Waals surface area contributed by atoms with Gasteiger partial charge >= 0.3 is 0 Å². The van der Waals surface area contributed by atoms with Crippen LogP contribution in [0, 0.1) is 0 Å². The average Bonchev–Trinajstić information content (AvgIpc) is 3.07. The maximum Gasteiger partial charge on any atom is 0.286 e. The fraction of sp³-hybridized carbons (Fsp3) is 0.0952. The van der Waals surface area contributed by atoms with E-state index in [2.05, 4.69) is 15.3 Å².